The standard InChI is InChI=1S/C41H53N5O5S/c1-41(2,3)51-40(49)46-25-29-13-11-12-28(34(29)26-46)24-44-20-22-45(23-21-44)38(47)37(52)36(42-4)18-9-10-19-43-39(48)50-27-35-32-16-7-5-14-30(32)31-15-6-8-17-33(31)35/h5-8,11-17,35-37,42,52H,9-10,18-27H2,1-4H3,(H,43,48). The number of hydrogen-bond acceptors (Lipinski definition) is 8. The smallest absolute Gasteiger partial charge is 0.410 e. The summed E-state index contributed by atoms with van der Waals surface area (Å²) in [6.45, 7) is 11.2. The van der Waals surface area contributed by atoms with Crippen molar-refractivity contribution in [2.45, 2.75) is 82.5 Å². The number of hydrogen-bond donors (Lipinski definition) is 3. The molecule has 2 heterocycles. The van der Waals surface area contributed by atoms with Gasteiger partial charge in [0.15, 0.2) is 0 Å². The number of ether oxygens (including phenoxy) is 2. The van der Waals surface area contributed by atoms with E-state index in [-0.39, 0.29) is 24.0 Å². The van der Waals surface area contributed by atoms with E-state index in [1.165, 1.54) is 38.9 Å². The molecule has 1 saturated heterocycles. The first kappa shape index (κ1) is 37.7. The Morgan fingerprint density at radius 2 is 1.54 bits per heavy atom. The molecule has 1 aliphatic carbocycles. The molecule has 0 aromatic heterocycles. The van der Waals surface area contributed by atoms with Gasteiger partial charge in [-0.3, -0.25) is 14.6 Å². The molecule has 278 valence electrons. The second kappa shape index (κ2) is 16.7. The molecule has 3 aromatic rings. The fourth-order valence-corrected chi connectivity index (χ4v) is 8.07. The van der Waals surface area contributed by atoms with Crippen LogP contribution in [0.1, 0.15) is 73.8 Å². The first-order chi connectivity index (χ1) is 25.0. The van der Waals surface area contributed by atoms with Crippen LogP contribution in [0.5, 0.6) is 0 Å². The number of nitrogens with one attached hydrogen (secondary N) is 2. The SMILES string of the molecule is CNC(CCCCNC(=O)OCC1c2ccccc2-c2ccccc21)C(S)C(=O)N1CCN(Cc2cccc3c2CN(C(=O)OC(C)(C)C)C3)CC1. The van der Waals surface area contributed by atoms with Crippen LogP contribution in [-0.2, 0) is 33.9 Å². The van der Waals surface area contributed by atoms with Gasteiger partial charge in [-0.25, -0.2) is 9.59 Å². The maximum Gasteiger partial charge on any atom is 0.410 e. The number of unbranched alkanes of at least 4 members (excludes halogenated alkanes) is 1. The monoisotopic (exact) mass is 727 g/mol. The van der Waals surface area contributed by atoms with E-state index >= 15 is 0 Å². The van der Waals surface area contributed by atoms with Crippen LogP contribution in [0.2, 0.25) is 0 Å². The third kappa shape index (κ3) is 8.93. The van der Waals surface area contributed by atoms with Gasteiger partial charge >= 0.3 is 12.2 Å². The van der Waals surface area contributed by atoms with Crippen LogP contribution in [0, 0.1) is 0 Å². The quantitative estimate of drug-likeness (QED) is 0.151. The summed E-state index contributed by atoms with van der Waals surface area (Å²) in [5.41, 5.74) is 7.85. The number of carbonyl (C=O) groups is 3. The van der Waals surface area contributed by atoms with Gasteiger partial charge in [-0.05, 0) is 79.6 Å². The van der Waals surface area contributed by atoms with Crippen LogP contribution in [0.25, 0.3) is 11.1 Å². The number of carbonyl (C=O) groups excluding carboxylic acids is 3. The van der Waals surface area contributed by atoms with Gasteiger partial charge in [0.2, 0.25) is 5.91 Å². The van der Waals surface area contributed by atoms with E-state index in [2.05, 4.69) is 58.0 Å². The van der Waals surface area contributed by atoms with Crippen molar-refractivity contribution in [2.24, 2.45) is 0 Å². The second-order valence-electron chi connectivity index (χ2n) is 15.1. The molecule has 0 spiro atoms. The predicted octanol–water partition coefficient (Wildman–Crippen LogP) is 6.18. The fourth-order valence-electron chi connectivity index (χ4n) is 7.61. The highest BCUT2D eigenvalue weighted by atomic mass is 32.1. The van der Waals surface area contributed by atoms with Gasteiger partial charge in [0, 0.05) is 57.8 Å². The average molecular weight is 728 g/mol. The summed E-state index contributed by atoms with van der Waals surface area (Å²) in [5.74, 6) is 0.0818. The summed E-state index contributed by atoms with van der Waals surface area (Å²) in [6, 6.07) is 22.8. The van der Waals surface area contributed by atoms with E-state index in [9.17, 15) is 14.4 Å². The zero-order valence-corrected chi connectivity index (χ0v) is 31.8. The van der Waals surface area contributed by atoms with Crippen molar-refractivity contribution in [1.82, 2.24) is 25.3 Å². The lowest BCUT2D eigenvalue weighted by Gasteiger charge is -2.37. The molecule has 2 atom stereocenters. The minimum atomic E-state index is -0.530. The van der Waals surface area contributed by atoms with Crippen LogP contribution in [-0.4, -0.2) is 96.1 Å². The van der Waals surface area contributed by atoms with Gasteiger partial charge in [-0.15, -0.1) is 0 Å². The molecule has 0 saturated carbocycles. The molecule has 0 radical (unpaired) electrons. The Morgan fingerprint density at radius 1 is 0.865 bits per heavy atom. The molecule has 11 heteroatoms. The highest BCUT2D eigenvalue weighted by Gasteiger charge is 2.33. The van der Waals surface area contributed by atoms with Crippen LogP contribution in [0.15, 0.2) is 66.7 Å². The summed E-state index contributed by atoms with van der Waals surface area (Å²) < 4.78 is 11.3. The Morgan fingerprint density at radius 3 is 2.19 bits per heavy atom. The Hall–Kier alpha value is -4.06. The molecule has 52 heavy (non-hydrogen) atoms. The Bertz CT molecular complexity index is 1690. The van der Waals surface area contributed by atoms with Crippen molar-refractivity contribution in [2.75, 3.05) is 46.4 Å². The fraction of sp³-hybridized carbons (Fsp3) is 0.488. The van der Waals surface area contributed by atoms with E-state index in [1.807, 2.05) is 57.0 Å². The lowest BCUT2D eigenvalue weighted by atomic mass is 9.98. The highest BCUT2D eigenvalue weighted by Crippen LogP contribution is 2.44. The molecule has 3 aliphatic rings. The normalized spacial score (nSPS) is 16.9. The lowest BCUT2D eigenvalue weighted by molar-refractivity contribution is -0.132. The Balaban J connectivity index is 0.892. The second-order valence-corrected chi connectivity index (χ2v) is 15.6. The van der Waals surface area contributed by atoms with E-state index in [4.69, 9.17) is 22.1 Å². The van der Waals surface area contributed by atoms with Crippen molar-refractivity contribution in [3.05, 3.63) is 94.5 Å². The minimum absolute atomic E-state index is 0.0330. The lowest BCUT2D eigenvalue weighted by Crippen LogP contribution is -2.53. The van der Waals surface area contributed by atoms with Gasteiger partial charge in [-0.2, -0.15) is 12.6 Å². The average Bonchev–Trinajstić information content (AvgIpc) is 3.72. The van der Waals surface area contributed by atoms with Gasteiger partial charge in [-0.1, -0.05) is 73.2 Å². The maximum absolute atomic E-state index is 13.5. The third-order valence-corrected chi connectivity index (χ3v) is 11.0. The van der Waals surface area contributed by atoms with Gasteiger partial charge < -0.3 is 25.0 Å². The number of amides is 3. The van der Waals surface area contributed by atoms with Crippen molar-refractivity contribution in [3.63, 3.8) is 0 Å². The number of alkyl carbamates (subject to hydrolysis) is 1. The number of piperazine rings is 1. The van der Waals surface area contributed by atoms with Gasteiger partial charge in [0.25, 0.3) is 0 Å². The molecule has 6 rings (SSSR count). The molecular weight excluding hydrogens is 675 g/mol. The molecule has 1 fully saturated rings. The summed E-state index contributed by atoms with van der Waals surface area (Å²) in [4.78, 5) is 44.9. The first-order valence-electron chi connectivity index (χ1n) is 18.5. The number of rotatable bonds is 12. The van der Waals surface area contributed by atoms with Crippen molar-refractivity contribution in [1.29, 1.82) is 0 Å². The number of thiol groups is 1. The molecule has 3 amide bonds. The zero-order valence-electron chi connectivity index (χ0n) is 30.9. The largest absolute Gasteiger partial charge is 0.449 e. The Labute approximate surface area is 313 Å². The van der Waals surface area contributed by atoms with Crippen molar-refractivity contribution >= 4 is 30.7 Å². The maximum atomic E-state index is 13.5. The first-order valence-corrected chi connectivity index (χ1v) is 19.1. The third-order valence-electron chi connectivity index (χ3n) is 10.4. The summed E-state index contributed by atoms with van der Waals surface area (Å²) in [6.07, 6.45) is 1.68. The molecule has 2 N–H and O–H groups in total. The zero-order chi connectivity index (χ0) is 36.8. The minimum Gasteiger partial charge on any atom is -0.449 e. The van der Waals surface area contributed by atoms with Crippen LogP contribution in [0.3, 0.4) is 0 Å². The number of benzene rings is 3. The van der Waals surface area contributed by atoms with Gasteiger partial charge in [0.1, 0.15) is 12.2 Å². The van der Waals surface area contributed by atoms with Crippen LogP contribution < -0.4 is 10.6 Å². The Kier molecular flexibility index (Phi) is 12.1. The molecule has 10 nitrogen and oxygen atoms in total. The summed E-state index contributed by atoms with van der Waals surface area (Å²) in [5, 5.41) is 5.74. The summed E-state index contributed by atoms with van der Waals surface area (Å²) >= 11 is 4.78. The molecular formula is C41H53N5O5S. The summed E-state index contributed by atoms with van der Waals surface area (Å²) in [7, 11) is 1.87. The van der Waals surface area contributed by atoms with E-state index in [0.717, 1.165) is 38.9 Å². The molecule has 2 aliphatic heterocycles. The predicted molar refractivity (Wildman–Crippen MR) is 206 cm³/mol. The van der Waals surface area contributed by atoms with Crippen molar-refractivity contribution in [3.8, 4) is 11.1 Å². The van der Waals surface area contributed by atoms with E-state index < -0.39 is 16.9 Å². The molecule has 2 unspecified atom stereocenters. The van der Waals surface area contributed by atoms with E-state index in [0.29, 0.717) is 39.3 Å². The van der Waals surface area contributed by atoms with Gasteiger partial charge in [0.05, 0.1) is 11.8 Å². The molecule has 0 bridgehead atoms. The number of fused-ring (bicyclic) bond motifs is 4. The van der Waals surface area contributed by atoms with E-state index in [1.54, 1.807) is 4.90 Å². The number of nitrogens with zero attached hydrogens (tertiary/aromatic N) is 3. The van der Waals surface area contributed by atoms with Crippen molar-refractivity contribution < 1.29 is 23.9 Å². The topological polar surface area (TPSA) is 103 Å². The van der Waals surface area contributed by atoms with Crippen LogP contribution >= 0.6 is 12.6 Å². The highest BCUT2D eigenvalue weighted by molar-refractivity contribution is 7.81. The molecule has 3 aromatic carbocycles. The van der Waals surface area contributed by atoms with Crippen LogP contribution in [0.4, 0.5) is 9.59 Å².